The molecule has 1 aliphatic rings. The molecule has 0 spiro atoms. The maximum atomic E-state index is 13.2. The molecule has 0 radical (unpaired) electrons. The van der Waals surface area contributed by atoms with Gasteiger partial charge < -0.3 is 15.4 Å². The summed E-state index contributed by atoms with van der Waals surface area (Å²) in [5.74, 6) is -1.04. The van der Waals surface area contributed by atoms with Gasteiger partial charge in [-0.05, 0) is 56.9 Å². The zero-order valence-corrected chi connectivity index (χ0v) is 19.2. The van der Waals surface area contributed by atoms with Crippen LogP contribution in [0.4, 0.5) is 10.1 Å². The third kappa shape index (κ3) is 5.15. The molecule has 4 rings (SSSR count). The molecule has 0 aliphatic heterocycles. The van der Waals surface area contributed by atoms with E-state index < -0.39 is 5.82 Å². The van der Waals surface area contributed by atoms with E-state index in [9.17, 15) is 14.0 Å². The van der Waals surface area contributed by atoms with Crippen LogP contribution in [0.2, 0.25) is 5.02 Å². The van der Waals surface area contributed by atoms with E-state index in [4.69, 9.17) is 16.3 Å². The van der Waals surface area contributed by atoms with E-state index in [1.165, 1.54) is 24.4 Å². The third-order valence-corrected chi connectivity index (χ3v) is 6.15. The molecule has 3 aromatic rings. The van der Waals surface area contributed by atoms with Gasteiger partial charge in [0.15, 0.2) is 5.65 Å². The number of methoxy groups -OCH3 is 1. The topological polar surface area (TPSA) is 97.6 Å². The Balaban J connectivity index is 1.36. The van der Waals surface area contributed by atoms with Crippen LogP contribution < -0.4 is 10.6 Å². The molecule has 0 atom stereocenters. The number of halogens is 2. The standard InChI is InChI=1S/C23H25ClFN5O3/c1-13-9-17(12-33-2)30-21(27-13)18(11-26-30)23(32)28-16-6-3-14(4-7-16)22(31)29-20-8-5-15(25)10-19(20)24/h5,8-11,14,16H,3-4,6-7,12H2,1-2H3,(H,28,32)(H,29,31). The zero-order valence-electron chi connectivity index (χ0n) is 18.4. The molecule has 2 aromatic heterocycles. The van der Waals surface area contributed by atoms with E-state index in [1.54, 1.807) is 11.6 Å². The Labute approximate surface area is 195 Å². The molecule has 10 heteroatoms. The van der Waals surface area contributed by atoms with Crippen molar-refractivity contribution in [1.82, 2.24) is 19.9 Å². The van der Waals surface area contributed by atoms with Crippen molar-refractivity contribution in [3.05, 3.63) is 58.3 Å². The summed E-state index contributed by atoms with van der Waals surface area (Å²) in [6.45, 7) is 2.22. The van der Waals surface area contributed by atoms with Gasteiger partial charge in [0, 0.05) is 24.8 Å². The van der Waals surface area contributed by atoms with E-state index in [2.05, 4.69) is 20.7 Å². The van der Waals surface area contributed by atoms with Gasteiger partial charge in [0.1, 0.15) is 11.4 Å². The van der Waals surface area contributed by atoms with Crippen LogP contribution >= 0.6 is 11.6 Å². The van der Waals surface area contributed by atoms with E-state index >= 15 is 0 Å². The first-order valence-corrected chi connectivity index (χ1v) is 11.1. The van der Waals surface area contributed by atoms with Crippen LogP contribution in [0.5, 0.6) is 0 Å². The van der Waals surface area contributed by atoms with Crippen LogP contribution in [0.1, 0.15) is 47.4 Å². The van der Waals surface area contributed by atoms with E-state index in [0.717, 1.165) is 11.4 Å². The summed E-state index contributed by atoms with van der Waals surface area (Å²) in [6.07, 6.45) is 4.10. The van der Waals surface area contributed by atoms with Gasteiger partial charge in [-0.2, -0.15) is 5.10 Å². The van der Waals surface area contributed by atoms with Crippen LogP contribution in [0.3, 0.4) is 0 Å². The first-order valence-electron chi connectivity index (χ1n) is 10.8. The second-order valence-electron chi connectivity index (χ2n) is 8.25. The largest absolute Gasteiger partial charge is 0.378 e. The van der Waals surface area contributed by atoms with Crippen LogP contribution in [0.25, 0.3) is 5.65 Å². The van der Waals surface area contributed by atoms with Crippen molar-refractivity contribution in [3.8, 4) is 0 Å². The number of ether oxygens (including phenoxy) is 1. The van der Waals surface area contributed by atoms with Crippen molar-refractivity contribution in [2.45, 2.75) is 45.3 Å². The van der Waals surface area contributed by atoms with E-state index in [0.29, 0.717) is 49.2 Å². The van der Waals surface area contributed by atoms with Gasteiger partial charge in [-0.25, -0.2) is 13.9 Å². The summed E-state index contributed by atoms with van der Waals surface area (Å²) in [4.78, 5) is 30.0. The molecule has 2 amide bonds. The Hall–Kier alpha value is -3.04. The van der Waals surface area contributed by atoms with Crippen LogP contribution in [0.15, 0.2) is 30.5 Å². The molecule has 0 saturated heterocycles. The Bertz CT molecular complexity index is 1190. The van der Waals surface area contributed by atoms with Gasteiger partial charge in [0.2, 0.25) is 5.91 Å². The predicted octanol–water partition coefficient (Wildman–Crippen LogP) is 3.90. The van der Waals surface area contributed by atoms with Crippen LogP contribution in [0, 0.1) is 18.7 Å². The third-order valence-electron chi connectivity index (χ3n) is 5.83. The zero-order chi connectivity index (χ0) is 23.5. The molecule has 1 aliphatic carbocycles. The van der Waals surface area contributed by atoms with Crippen LogP contribution in [-0.2, 0) is 16.1 Å². The number of fused-ring (bicyclic) bond motifs is 1. The highest BCUT2D eigenvalue weighted by atomic mass is 35.5. The number of hydrogen-bond donors (Lipinski definition) is 2. The minimum atomic E-state index is -0.458. The maximum Gasteiger partial charge on any atom is 0.256 e. The molecule has 2 N–H and O–H groups in total. The SMILES string of the molecule is COCc1cc(C)nc2c(C(=O)NC3CCC(C(=O)Nc4ccc(F)cc4Cl)CC3)cnn12. The van der Waals surface area contributed by atoms with Crippen molar-refractivity contribution >= 4 is 34.7 Å². The lowest BCUT2D eigenvalue weighted by Crippen LogP contribution is -2.39. The Morgan fingerprint density at radius 1 is 1.24 bits per heavy atom. The Morgan fingerprint density at radius 2 is 2.00 bits per heavy atom. The molecule has 2 heterocycles. The van der Waals surface area contributed by atoms with Gasteiger partial charge in [0.25, 0.3) is 5.91 Å². The Kier molecular flexibility index (Phi) is 6.90. The first-order chi connectivity index (χ1) is 15.9. The number of aryl methyl sites for hydroxylation is 1. The second-order valence-corrected chi connectivity index (χ2v) is 8.66. The number of nitrogens with zero attached hydrogens (tertiary/aromatic N) is 3. The molecule has 0 unspecified atom stereocenters. The number of nitrogens with one attached hydrogen (secondary N) is 2. The van der Waals surface area contributed by atoms with Crippen molar-refractivity contribution in [3.63, 3.8) is 0 Å². The van der Waals surface area contributed by atoms with Crippen LogP contribution in [-0.4, -0.2) is 39.6 Å². The quantitative estimate of drug-likeness (QED) is 0.565. The van der Waals surface area contributed by atoms with Gasteiger partial charge in [-0.15, -0.1) is 0 Å². The van der Waals surface area contributed by atoms with Gasteiger partial charge in [0.05, 0.1) is 29.2 Å². The van der Waals surface area contributed by atoms with Gasteiger partial charge in [-0.1, -0.05) is 11.6 Å². The fraction of sp³-hybridized carbons (Fsp3) is 0.391. The molecule has 1 aromatic carbocycles. The molecule has 33 heavy (non-hydrogen) atoms. The fourth-order valence-electron chi connectivity index (χ4n) is 4.16. The van der Waals surface area contributed by atoms with Crippen molar-refractivity contribution < 1.29 is 18.7 Å². The Morgan fingerprint density at radius 3 is 2.70 bits per heavy atom. The number of hydrogen-bond acceptors (Lipinski definition) is 5. The highest BCUT2D eigenvalue weighted by molar-refractivity contribution is 6.33. The van der Waals surface area contributed by atoms with E-state index in [-0.39, 0.29) is 28.8 Å². The highest BCUT2D eigenvalue weighted by Gasteiger charge is 2.28. The minimum Gasteiger partial charge on any atom is -0.378 e. The number of carbonyl (C=O) groups excluding carboxylic acids is 2. The average molecular weight is 474 g/mol. The van der Waals surface area contributed by atoms with Gasteiger partial charge in [-0.3, -0.25) is 9.59 Å². The average Bonchev–Trinajstić information content (AvgIpc) is 3.20. The fourth-order valence-corrected chi connectivity index (χ4v) is 4.38. The summed E-state index contributed by atoms with van der Waals surface area (Å²) in [5.41, 5.74) is 2.87. The number of anilines is 1. The van der Waals surface area contributed by atoms with Crippen molar-refractivity contribution in [2.24, 2.45) is 5.92 Å². The van der Waals surface area contributed by atoms with Gasteiger partial charge >= 0.3 is 0 Å². The molecule has 1 fully saturated rings. The first kappa shape index (κ1) is 23.1. The monoisotopic (exact) mass is 473 g/mol. The maximum absolute atomic E-state index is 13.2. The lowest BCUT2D eigenvalue weighted by atomic mass is 9.85. The number of aromatic nitrogens is 3. The molecule has 0 bridgehead atoms. The minimum absolute atomic E-state index is 0.0471. The molecule has 1 saturated carbocycles. The second kappa shape index (κ2) is 9.84. The molecular formula is C23H25ClFN5O3. The normalized spacial score (nSPS) is 18.3. The summed E-state index contributed by atoms with van der Waals surface area (Å²) in [5, 5.41) is 10.3. The molecular weight excluding hydrogens is 449 g/mol. The lowest BCUT2D eigenvalue weighted by Gasteiger charge is -2.28. The number of carbonyl (C=O) groups is 2. The number of rotatable bonds is 6. The molecule has 174 valence electrons. The number of benzene rings is 1. The van der Waals surface area contributed by atoms with E-state index in [1.807, 2.05) is 13.0 Å². The summed E-state index contributed by atoms with van der Waals surface area (Å²) in [7, 11) is 1.60. The number of amides is 2. The summed E-state index contributed by atoms with van der Waals surface area (Å²) < 4.78 is 20.0. The summed E-state index contributed by atoms with van der Waals surface area (Å²) >= 11 is 6.00. The highest BCUT2D eigenvalue weighted by Crippen LogP contribution is 2.28. The summed E-state index contributed by atoms with van der Waals surface area (Å²) in [6, 6.07) is 5.69. The predicted molar refractivity (Wildman–Crippen MR) is 122 cm³/mol. The smallest absolute Gasteiger partial charge is 0.256 e. The lowest BCUT2D eigenvalue weighted by molar-refractivity contribution is -0.120. The van der Waals surface area contributed by atoms with Crippen molar-refractivity contribution in [2.75, 3.05) is 12.4 Å². The van der Waals surface area contributed by atoms with Crippen molar-refractivity contribution in [1.29, 1.82) is 0 Å². The molecule has 8 nitrogen and oxygen atoms in total.